The van der Waals surface area contributed by atoms with Crippen molar-refractivity contribution in [2.45, 2.75) is 127 Å². The summed E-state index contributed by atoms with van der Waals surface area (Å²) in [6.07, 6.45) is 0.0884. The van der Waals surface area contributed by atoms with Gasteiger partial charge in [0.05, 0.1) is 35.1 Å². The Kier molecular flexibility index (Phi) is 6.26. The molecule has 4 rings (SSSR count). The molecule has 2 unspecified atom stereocenters. The van der Waals surface area contributed by atoms with Gasteiger partial charge < -0.3 is 35.7 Å². The van der Waals surface area contributed by atoms with Crippen LogP contribution >= 0.6 is 0 Å². The Labute approximate surface area is 207 Å². The molecule has 35 heavy (non-hydrogen) atoms. The zero-order valence-electron chi connectivity index (χ0n) is 21.7. The van der Waals surface area contributed by atoms with Crippen molar-refractivity contribution in [2.75, 3.05) is 0 Å². The summed E-state index contributed by atoms with van der Waals surface area (Å²) in [5, 5.41) is 77.0. The molecule has 0 aromatic heterocycles. The lowest BCUT2D eigenvalue weighted by atomic mass is 9.44. The summed E-state index contributed by atoms with van der Waals surface area (Å²) in [7, 11) is 0. The minimum absolute atomic E-state index is 0.0437. The summed E-state index contributed by atoms with van der Waals surface area (Å²) in [6.45, 7) is 8.58. The van der Waals surface area contributed by atoms with E-state index in [4.69, 9.17) is 0 Å². The van der Waals surface area contributed by atoms with E-state index >= 15 is 0 Å². The highest BCUT2D eigenvalue weighted by molar-refractivity contribution is 6.00. The molecule has 0 heterocycles. The molecule has 4 aliphatic rings. The van der Waals surface area contributed by atoms with Crippen molar-refractivity contribution < 1.29 is 40.5 Å². The highest BCUT2D eigenvalue weighted by atomic mass is 16.3. The van der Waals surface area contributed by atoms with E-state index in [9.17, 15) is 40.5 Å². The summed E-state index contributed by atoms with van der Waals surface area (Å²) >= 11 is 0. The summed E-state index contributed by atoms with van der Waals surface area (Å²) in [4.78, 5) is 13.3. The van der Waals surface area contributed by atoms with Crippen LogP contribution in [0.25, 0.3) is 0 Å². The van der Waals surface area contributed by atoms with Crippen LogP contribution in [0, 0.1) is 22.7 Å². The van der Waals surface area contributed by atoms with Crippen molar-refractivity contribution in [3.05, 3.63) is 11.6 Å². The van der Waals surface area contributed by atoms with Crippen LogP contribution < -0.4 is 0 Å². The molecule has 4 aliphatic carbocycles. The second kappa shape index (κ2) is 8.06. The lowest BCUT2D eigenvalue weighted by Gasteiger charge is -2.62. The third-order valence-electron chi connectivity index (χ3n) is 10.7. The second-order valence-corrected chi connectivity index (χ2v) is 13.3. The molecule has 200 valence electrons. The normalized spacial score (nSPS) is 48.3. The van der Waals surface area contributed by atoms with Gasteiger partial charge in [0.1, 0.15) is 5.60 Å². The zero-order valence-corrected chi connectivity index (χ0v) is 21.7. The van der Waals surface area contributed by atoms with Gasteiger partial charge in [-0.2, -0.15) is 0 Å². The smallest absolute Gasteiger partial charge is 0.187 e. The van der Waals surface area contributed by atoms with E-state index in [1.165, 1.54) is 6.08 Å². The number of aliphatic hydroxyl groups is 7. The van der Waals surface area contributed by atoms with Gasteiger partial charge in [-0.3, -0.25) is 4.79 Å². The maximum Gasteiger partial charge on any atom is 0.187 e. The maximum absolute atomic E-state index is 13.3. The minimum Gasteiger partial charge on any atom is -0.390 e. The molecule has 0 radical (unpaired) electrons. The molecule has 7 N–H and O–H groups in total. The Morgan fingerprint density at radius 1 is 0.971 bits per heavy atom. The number of rotatable bonds is 5. The van der Waals surface area contributed by atoms with E-state index in [1.807, 2.05) is 6.92 Å². The van der Waals surface area contributed by atoms with Crippen molar-refractivity contribution >= 4 is 5.78 Å². The fourth-order valence-corrected chi connectivity index (χ4v) is 8.31. The van der Waals surface area contributed by atoms with Gasteiger partial charge in [-0.15, -0.1) is 0 Å². The molecule has 3 saturated carbocycles. The molecule has 0 amide bonds. The van der Waals surface area contributed by atoms with Gasteiger partial charge in [0.25, 0.3) is 0 Å². The fourth-order valence-electron chi connectivity index (χ4n) is 8.31. The van der Waals surface area contributed by atoms with Crippen LogP contribution in [0.15, 0.2) is 11.6 Å². The Morgan fingerprint density at radius 2 is 1.57 bits per heavy atom. The predicted octanol–water partition coefficient (Wildman–Crippen LogP) is 0.969. The first-order chi connectivity index (χ1) is 15.8. The number of ketones is 1. The molecular formula is C27H44O8. The standard InChI is InChI=1S/C27H44O8/c1-22(2,32)9-8-20(30)25(5,33)19-7-11-26(34)16-12-21(31)27(35)14-18(29)17(28)13-24(27,4)15(16)6-10-23(19,26)3/h12,15,17-20,28-30,32-35H,6-11,13-14H2,1-5H3/t15-,17-,18+,19?,20+,23+,24+,25+,26?,27+/m0/s1. The number of fused-ring (bicyclic) bond motifs is 5. The highest BCUT2D eigenvalue weighted by Crippen LogP contribution is 2.69. The summed E-state index contributed by atoms with van der Waals surface area (Å²) in [5.41, 5.74) is -7.07. The van der Waals surface area contributed by atoms with E-state index in [2.05, 4.69) is 0 Å². The third kappa shape index (κ3) is 3.70. The predicted molar refractivity (Wildman–Crippen MR) is 128 cm³/mol. The van der Waals surface area contributed by atoms with Crippen LogP contribution in [-0.2, 0) is 4.79 Å². The molecule has 0 aliphatic heterocycles. The molecule has 0 spiro atoms. The number of aliphatic hydroxyl groups excluding tert-OH is 3. The molecule has 8 nitrogen and oxygen atoms in total. The van der Waals surface area contributed by atoms with Crippen LogP contribution in [0.5, 0.6) is 0 Å². The number of carbonyl (C=O) groups excluding carboxylic acids is 1. The Morgan fingerprint density at radius 3 is 2.17 bits per heavy atom. The van der Waals surface area contributed by atoms with Crippen molar-refractivity contribution in [2.24, 2.45) is 22.7 Å². The van der Waals surface area contributed by atoms with Gasteiger partial charge in [-0.25, -0.2) is 0 Å². The van der Waals surface area contributed by atoms with Crippen LogP contribution in [0.1, 0.15) is 86.0 Å². The van der Waals surface area contributed by atoms with Crippen molar-refractivity contribution in [3.8, 4) is 0 Å². The molecule has 3 fully saturated rings. The van der Waals surface area contributed by atoms with Crippen LogP contribution in [-0.4, -0.2) is 82.2 Å². The van der Waals surface area contributed by atoms with E-state index < -0.39 is 63.2 Å². The quantitative estimate of drug-likeness (QED) is 0.297. The van der Waals surface area contributed by atoms with Crippen LogP contribution in [0.3, 0.4) is 0 Å². The number of hydrogen-bond acceptors (Lipinski definition) is 8. The summed E-state index contributed by atoms with van der Waals surface area (Å²) in [5.74, 6) is -1.38. The number of hydrogen-bond donors (Lipinski definition) is 7. The van der Waals surface area contributed by atoms with Gasteiger partial charge in [0.15, 0.2) is 5.78 Å². The van der Waals surface area contributed by atoms with Crippen LogP contribution in [0.2, 0.25) is 0 Å². The average Bonchev–Trinajstić information content (AvgIpc) is 3.01. The molecule has 0 bridgehead atoms. The first kappa shape index (κ1) is 27.2. The van der Waals surface area contributed by atoms with Gasteiger partial charge in [-0.05, 0) is 89.2 Å². The van der Waals surface area contributed by atoms with Crippen molar-refractivity contribution in [1.29, 1.82) is 0 Å². The largest absolute Gasteiger partial charge is 0.390 e. The first-order valence-corrected chi connectivity index (χ1v) is 13.0. The molecule has 0 aromatic rings. The Balaban J connectivity index is 1.70. The minimum atomic E-state index is -1.82. The molecular weight excluding hydrogens is 452 g/mol. The first-order valence-electron chi connectivity index (χ1n) is 13.0. The Bertz CT molecular complexity index is 907. The molecule has 10 atom stereocenters. The van der Waals surface area contributed by atoms with Crippen molar-refractivity contribution in [1.82, 2.24) is 0 Å². The Hall–Kier alpha value is -0.870. The SMILES string of the molecule is CC(C)(O)CC[C@@H](O)[C@](C)(O)C1CCC2(O)C3=CC(=O)[C@]4(O)C[C@@H](O)[C@@H](O)C[C@]4(C)[C@H]3CC[C@]12C. The number of carbonyl (C=O) groups is 1. The lowest BCUT2D eigenvalue weighted by molar-refractivity contribution is -0.211. The topological polar surface area (TPSA) is 159 Å². The van der Waals surface area contributed by atoms with E-state index in [1.54, 1.807) is 27.7 Å². The lowest BCUT2D eigenvalue weighted by Crippen LogP contribution is -2.69. The highest BCUT2D eigenvalue weighted by Gasteiger charge is 2.71. The maximum atomic E-state index is 13.3. The van der Waals surface area contributed by atoms with Gasteiger partial charge in [0, 0.05) is 17.3 Å². The molecule has 8 heteroatoms. The van der Waals surface area contributed by atoms with Crippen molar-refractivity contribution in [3.63, 3.8) is 0 Å². The van der Waals surface area contributed by atoms with E-state index in [0.29, 0.717) is 37.7 Å². The summed E-state index contributed by atoms with van der Waals surface area (Å²) in [6, 6.07) is 0. The third-order valence-corrected chi connectivity index (χ3v) is 10.7. The van der Waals surface area contributed by atoms with Gasteiger partial charge >= 0.3 is 0 Å². The van der Waals surface area contributed by atoms with Gasteiger partial charge in [0.2, 0.25) is 0 Å². The zero-order chi connectivity index (χ0) is 26.4. The monoisotopic (exact) mass is 496 g/mol. The summed E-state index contributed by atoms with van der Waals surface area (Å²) < 4.78 is 0. The molecule has 0 saturated heterocycles. The van der Waals surface area contributed by atoms with E-state index in [0.717, 1.165) is 0 Å². The average molecular weight is 497 g/mol. The fraction of sp³-hybridized carbons (Fsp3) is 0.889. The van der Waals surface area contributed by atoms with Crippen LogP contribution in [0.4, 0.5) is 0 Å². The molecule has 0 aromatic carbocycles. The van der Waals surface area contributed by atoms with Gasteiger partial charge in [-0.1, -0.05) is 13.8 Å². The second-order valence-electron chi connectivity index (χ2n) is 13.3. The van der Waals surface area contributed by atoms with E-state index in [-0.39, 0.29) is 25.2 Å².